The molecule has 0 radical (unpaired) electrons. The van der Waals surface area contributed by atoms with Gasteiger partial charge in [0.15, 0.2) is 0 Å². The normalized spacial score (nSPS) is 10.8. The number of amides is 1. The summed E-state index contributed by atoms with van der Waals surface area (Å²) >= 11 is 0. The zero-order valence-electron chi connectivity index (χ0n) is 10.7. The first kappa shape index (κ1) is 12.9. The van der Waals surface area contributed by atoms with Gasteiger partial charge in [-0.15, -0.1) is 0 Å². The molecule has 0 fully saturated rings. The molecule has 0 spiro atoms. The Morgan fingerprint density at radius 2 is 2.16 bits per heavy atom. The number of nitrogens with zero attached hydrogens (tertiary/aromatic N) is 2. The van der Waals surface area contributed by atoms with E-state index >= 15 is 0 Å². The molecule has 1 heterocycles. The van der Waals surface area contributed by atoms with Crippen molar-refractivity contribution in [2.75, 3.05) is 12.8 Å². The van der Waals surface area contributed by atoms with Crippen LogP contribution < -0.4 is 5.73 Å². The minimum absolute atomic E-state index is 0.0757. The zero-order valence-corrected chi connectivity index (χ0v) is 10.7. The van der Waals surface area contributed by atoms with Crippen LogP contribution in [0, 0.1) is 0 Å². The summed E-state index contributed by atoms with van der Waals surface area (Å²) in [5.74, 6) is 0.685. The summed E-state index contributed by atoms with van der Waals surface area (Å²) in [6.45, 7) is 0.456. The summed E-state index contributed by atoms with van der Waals surface area (Å²) in [5.41, 5.74) is 7.24. The highest BCUT2D eigenvalue weighted by atomic mass is 16.2. The molecule has 3 N–H and O–H groups in total. The molecule has 2 rings (SSSR count). The molecule has 5 heteroatoms. The van der Waals surface area contributed by atoms with Crippen molar-refractivity contribution in [3.8, 4) is 0 Å². The Balaban J connectivity index is 1.94. The smallest absolute Gasteiger partial charge is 0.246 e. The summed E-state index contributed by atoms with van der Waals surface area (Å²) in [6.07, 6.45) is 6.70. The Hall–Kier alpha value is -2.56. The average molecular weight is 256 g/mol. The lowest BCUT2D eigenvalue weighted by Crippen LogP contribution is -2.24. The van der Waals surface area contributed by atoms with Gasteiger partial charge < -0.3 is 15.6 Å². The highest BCUT2D eigenvalue weighted by molar-refractivity contribution is 5.91. The highest BCUT2D eigenvalue weighted by Gasteiger charge is 2.06. The third-order valence-corrected chi connectivity index (χ3v) is 2.67. The second-order valence-corrected chi connectivity index (χ2v) is 4.23. The fourth-order valence-electron chi connectivity index (χ4n) is 1.59. The number of carbonyl (C=O) groups is 1. The molecule has 0 bridgehead atoms. The summed E-state index contributed by atoms with van der Waals surface area (Å²) in [7, 11) is 1.73. The van der Waals surface area contributed by atoms with Gasteiger partial charge in [0.2, 0.25) is 5.91 Å². The minimum Gasteiger partial charge on any atom is -0.399 e. The predicted molar refractivity (Wildman–Crippen MR) is 75.0 cm³/mol. The second kappa shape index (κ2) is 5.86. The number of nitrogens with one attached hydrogen (secondary N) is 1. The molecule has 2 aromatic rings. The number of rotatable bonds is 4. The van der Waals surface area contributed by atoms with E-state index in [-0.39, 0.29) is 5.91 Å². The Morgan fingerprint density at radius 1 is 1.42 bits per heavy atom. The number of H-pyrrole nitrogens is 1. The molecule has 0 aliphatic carbocycles. The molecule has 0 saturated carbocycles. The van der Waals surface area contributed by atoms with Crippen LogP contribution in [-0.2, 0) is 11.3 Å². The first-order chi connectivity index (χ1) is 9.15. The number of hydrogen-bond acceptors (Lipinski definition) is 3. The van der Waals surface area contributed by atoms with Gasteiger partial charge in [0.05, 0.1) is 6.54 Å². The van der Waals surface area contributed by atoms with Crippen molar-refractivity contribution in [2.45, 2.75) is 6.54 Å². The van der Waals surface area contributed by atoms with Crippen LogP contribution in [0.2, 0.25) is 0 Å². The number of likely N-dealkylation sites (N-methyl/N-ethyl adjacent to an activating group) is 1. The number of anilines is 1. The van der Waals surface area contributed by atoms with Gasteiger partial charge in [-0.25, -0.2) is 4.98 Å². The van der Waals surface area contributed by atoms with E-state index in [1.54, 1.807) is 42.6 Å². The number of benzene rings is 1. The molecule has 1 aromatic heterocycles. The summed E-state index contributed by atoms with van der Waals surface area (Å²) < 4.78 is 0. The van der Waals surface area contributed by atoms with Crippen molar-refractivity contribution in [3.63, 3.8) is 0 Å². The maximum Gasteiger partial charge on any atom is 0.246 e. The fourth-order valence-corrected chi connectivity index (χ4v) is 1.59. The van der Waals surface area contributed by atoms with Crippen molar-refractivity contribution in [1.82, 2.24) is 14.9 Å². The molecule has 0 saturated heterocycles. The lowest BCUT2D eigenvalue weighted by molar-refractivity contribution is -0.125. The van der Waals surface area contributed by atoms with Crippen molar-refractivity contribution in [3.05, 3.63) is 54.1 Å². The molecular weight excluding hydrogens is 240 g/mol. The molecule has 19 heavy (non-hydrogen) atoms. The number of aromatic amines is 1. The highest BCUT2D eigenvalue weighted by Crippen LogP contribution is 2.07. The number of nitrogens with two attached hydrogens (primary N) is 1. The van der Waals surface area contributed by atoms with Gasteiger partial charge in [-0.1, -0.05) is 12.1 Å². The van der Waals surface area contributed by atoms with Gasteiger partial charge in [-0.2, -0.15) is 0 Å². The summed E-state index contributed by atoms with van der Waals surface area (Å²) in [4.78, 5) is 20.5. The topological polar surface area (TPSA) is 75.0 Å². The summed E-state index contributed by atoms with van der Waals surface area (Å²) in [5, 5.41) is 0. The number of carbonyl (C=O) groups excluding carboxylic acids is 1. The van der Waals surface area contributed by atoms with Crippen LogP contribution in [0.3, 0.4) is 0 Å². The Bertz CT molecular complexity index is 558. The van der Waals surface area contributed by atoms with Gasteiger partial charge in [0, 0.05) is 31.2 Å². The number of aromatic nitrogens is 2. The zero-order chi connectivity index (χ0) is 13.7. The maximum atomic E-state index is 11.9. The molecule has 5 nitrogen and oxygen atoms in total. The van der Waals surface area contributed by atoms with E-state index in [9.17, 15) is 4.79 Å². The molecular formula is C14H16N4O. The number of imidazole rings is 1. The van der Waals surface area contributed by atoms with Crippen molar-refractivity contribution < 1.29 is 4.79 Å². The third-order valence-electron chi connectivity index (χ3n) is 2.67. The lowest BCUT2D eigenvalue weighted by Gasteiger charge is -2.12. The van der Waals surface area contributed by atoms with E-state index in [4.69, 9.17) is 5.73 Å². The van der Waals surface area contributed by atoms with Crippen LogP contribution in [0.4, 0.5) is 5.69 Å². The van der Waals surface area contributed by atoms with Crippen LogP contribution in [0.5, 0.6) is 0 Å². The number of hydrogen-bond donors (Lipinski definition) is 2. The first-order valence-electron chi connectivity index (χ1n) is 5.92. The van der Waals surface area contributed by atoms with E-state index in [0.29, 0.717) is 12.2 Å². The van der Waals surface area contributed by atoms with Crippen LogP contribution in [0.1, 0.15) is 11.4 Å². The van der Waals surface area contributed by atoms with Gasteiger partial charge in [0.25, 0.3) is 0 Å². The second-order valence-electron chi connectivity index (χ2n) is 4.23. The monoisotopic (exact) mass is 256 g/mol. The predicted octanol–water partition coefficient (Wildman–Crippen LogP) is 1.66. The van der Waals surface area contributed by atoms with E-state index in [1.807, 2.05) is 12.1 Å². The maximum absolute atomic E-state index is 11.9. The van der Waals surface area contributed by atoms with Gasteiger partial charge in [-0.3, -0.25) is 4.79 Å². The average Bonchev–Trinajstić information content (AvgIpc) is 2.90. The quantitative estimate of drug-likeness (QED) is 0.645. The molecule has 0 atom stereocenters. The van der Waals surface area contributed by atoms with Gasteiger partial charge in [0.1, 0.15) is 5.82 Å². The standard InChI is InChI=1S/C14H16N4O/c1-18(10-13-16-8-9-17-13)14(19)7-4-11-2-5-12(15)6-3-11/h2-9H,10,15H2,1H3,(H,16,17)/b7-4+. The largest absolute Gasteiger partial charge is 0.399 e. The third kappa shape index (κ3) is 3.70. The van der Waals surface area contributed by atoms with E-state index in [2.05, 4.69) is 9.97 Å². The fraction of sp³-hybridized carbons (Fsp3) is 0.143. The van der Waals surface area contributed by atoms with Crippen LogP contribution in [0.15, 0.2) is 42.7 Å². The Kier molecular flexibility index (Phi) is 3.97. The van der Waals surface area contributed by atoms with E-state index in [0.717, 1.165) is 11.4 Å². The van der Waals surface area contributed by atoms with Gasteiger partial charge >= 0.3 is 0 Å². The van der Waals surface area contributed by atoms with Crippen molar-refractivity contribution in [1.29, 1.82) is 0 Å². The summed E-state index contributed by atoms with van der Waals surface area (Å²) in [6, 6.07) is 7.34. The van der Waals surface area contributed by atoms with Gasteiger partial charge in [-0.05, 0) is 23.8 Å². The first-order valence-corrected chi connectivity index (χ1v) is 5.92. The molecule has 1 aromatic carbocycles. The SMILES string of the molecule is CN(Cc1ncc[nH]1)C(=O)/C=C/c1ccc(N)cc1. The van der Waals surface area contributed by atoms with Crippen LogP contribution >= 0.6 is 0 Å². The Morgan fingerprint density at radius 3 is 2.79 bits per heavy atom. The van der Waals surface area contributed by atoms with E-state index in [1.165, 1.54) is 6.08 Å². The molecule has 0 aliphatic rings. The minimum atomic E-state index is -0.0757. The Labute approximate surface area is 111 Å². The van der Waals surface area contributed by atoms with Crippen LogP contribution in [-0.4, -0.2) is 27.8 Å². The van der Waals surface area contributed by atoms with Crippen LogP contribution in [0.25, 0.3) is 6.08 Å². The van der Waals surface area contributed by atoms with E-state index < -0.39 is 0 Å². The molecule has 98 valence electrons. The molecule has 0 aliphatic heterocycles. The van der Waals surface area contributed by atoms with Crippen molar-refractivity contribution >= 4 is 17.7 Å². The lowest BCUT2D eigenvalue weighted by atomic mass is 10.2. The number of nitrogen functional groups attached to an aromatic ring is 1. The van der Waals surface area contributed by atoms with Crippen molar-refractivity contribution in [2.24, 2.45) is 0 Å². The molecule has 1 amide bonds. The molecule has 0 unspecified atom stereocenters.